The van der Waals surface area contributed by atoms with Gasteiger partial charge in [-0.3, -0.25) is 9.48 Å². The van der Waals surface area contributed by atoms with Crippen molar-refractivity contribution in [3.05, 3.63) is 52.8 Å². The van der Waals surface area contributed by atoms with E-state index in [9.17, 15) is 4.79 Å². The van der Waals surface area contributed by atoms with Crippen LogP contribution in [0.1, 0.15) is 35.4 Å². The van der Waals surface area contributed by atoms with Gasteiger partial charge in [0.1, 0.15) is 0 Å². The van der Waals surface area contributed by atoms with E-state index in [2.05, 4.69) is 33.5 Å². The fourth-order valence-corrected chi connectivity index (χ4v) is 3.35. The molecular formula is C22H31N5O. The van der Waals surface area contributed by atoms with E-state index in [0.717, 1.165) is 23.4 Å². The number of carbonyl (C=O) groups excluding carboxylic acids is 1. The number of aryl methyl sites for hydroxylation is 2. The van der Waals surface area contributed by atoms with Crippen LogP contribution >= 0.6 is 0 Å². The van der Waals surface area contributed by atoms with E-state index in [1.807, 2.05) is 50.8 Å². The molecule has 0 spiro atoms. The molecule has 2 rings (SSSR count). The molecule has 1 N–H and O–H groups in total. The molecule has 150 valence electrons. The van der Waals surface area contributed by atoms with Crippen molar-refractivity contribution >= 4 is 5.91 Å². The Morgan fingerprint density at radius 3 is 2.64 bits per heavy atom. The third-order valence-corrected chi connectivity index (χ3v) is 5.15. The normalized spacial score (nSPS) is 12.0. The van der Waals surface area contributed by atoms with E-state index in [4.69, 9.17) is 5.26 Å². The maximum atomic E-state index is 12.4. The van der Waals surface area contributed by atoms with Gasteiger partial charge in [0.25, 0.3) is 0 Å². The number of rotatable bonds is 10. The standard InChI is InChI=1S/C22H31N5O/c1-17-21(18(2)27(25-17)14-8-13-23)11-12-22(28)24-16-20(26(3)4)15-19-9-6-5-7-10-19/h5-7,9-10,20H,8,11-12,14-16H2,1-4H3,(H,24,28). The monoisotopic (exact) mass is 381 g/mol. The van der Waals surface area contributed by atoms with E-state index in [-0.39, 0.29) is 11.9 Å². The largest absolute Gasteiger partial charge is 0.355 e. The van der Waals surface area contributed by atoms with Gasteiger partial charge in [-0.25, -0.2) is 0 Å². The summed E-state index contributed by atoms with van der Waals surface area (Å²) in [5, 5.41) is 16.3. The summed E-state index contributed by atoms with van der Waals surface area (Å²) in [6, 6.07) is 12.7. The molecule has 28 heavy (non-hydrogen) atoms. The quantitative estimate of drug-likeness (QED) is 0.687. The molecule has 1 aromatic carbocycles. The number of carbonyl (C=O) groups is 1. The maximum Gasteiger partial charge on any atom is 0.220 e. The van der Waals surface area contributed by atoms with Gasteiger partial charge in [0, 0.05) is 24.7 Å². The van der Waals surface area contributed by atoms with Crippen LogP contribution in [-0.4, -0.2) is 47.3 Å². The molecule has 1 heterocycles. The van der Waals surface area contributed by atoms with E-state index in [1.54, 1.807) is 0 Å². The molecule has 1 aromatic heterocycles. The Hall–Kier alpha value is -2.65. The Balaban J connectivity index is 1.86. The number of nitrogens with zero attached hydrogens (tertiary/aromatic N) is 4. The molecular weight excluding hydrogens is 350 g/mol. The van der Waals surface area contributed by atoms with Crippen LogP contribution in [0.15, 0.2) is 30.3 Å². The minimum atomic E-state index is 0.0588. The number of amides is 1. The molecule has 0 radical (unpaired) electrons. The van der Waals surface area contributed by atoms with Gasteiger partial charge >= 0.3 is 0 Å². The Morgan fingerprint density at radius 1 is 1.29 bits per heavy atom. The SMILES string of the molecule is Cc1nn(CCC#N)c(C)c1CCC(=O)NCC(Cc1ccccc1)N(C)C. The number of hydrogen-bond donors (Lipinski definition) is 1. The summed E-state index contributed by atoms with van der Waals surface area (Å²) in [5.74, 6) is 0.0588. The Labute approximate surface area is 168 Å². The van der Waals surface area contributed by atoms with Gasteiger partial charge in [-0.1, -0.05) is 30.3 Å². The fraction of sp³-hybridized carbons (Fsp3) is 0.500. The lowest BCUT2D eigenvalue weighted by Gasteiger charge is -2.24. The molecule has 6 heteroatoms. The van der Waals surface area contributed by atoms with E-state index in [0.29, 0.717) is 32.4 Å². The average molecular weight is 382 g/mol. The lowest BCUT2D eigenvalue weighted by Crippen LogP contribution is -2.41. The van der Waals surface area contributed by atoms with Gasteiger partial charge in [0.2, 0.25) is 5.91 Å². The van der Waals surface area contributed by atoms with Crippen LogP contribution < -0.4 is 5.32 Å². The number of benzene rings is 1. The van der Waals surface area contributed by atoms with Crippen LogP contribution in [0, 0.1) is 25.2 Å². The number of hydrogen-bond acceptors (Lipinski definition) is 4. The predicted octanol–water partition coefficient (Wildman–Crippen LogP) is 2.64. The summed E-state index contributed by atoms with van der Waals surface area (Å²) in [5.41, 5.74) is 4.38. The van der Waals surface area contributed by atoms with E-state index in [1.165, 1.54) is 5.56 Å². The van der Waals surface area contributed by atoms with Gasteiger partial charge in [-0.05, 0) is 51.9 Å². The molecule has 1 amide bonds. The molecule has 0 aliphatic carbocycles. The van der Waals surface area contributed by atoms with Gasteiger partial charge in [0.15, 0.2) is 0 Å². The van der Waals surface area contributed by atoms with Crippen LogP contribution in [0.5, 0.6) is 0 Å². The minimum absolute atomic E-state index is 0.0588. The molecule has 0 saturated heterocycles. The molecule has 2 aromatic rings. The Morgan fingerprint density at radius 2 is 2.00 bits per heavy atom. The first-order chi connectivity index (χ1) is 13.4. The summed E-state index contributed by atoms with van der Waals surface area (Å²) in [6.45, 7) is 5.19. The average Bonchev–Trinajstić information content (AvgIpc) is 2.95. The molecule has 6 nitrogen and oxygen atoms in total. The highest BCUT2D eigenvalue weighted by atomic mass is 16.1. The Bertz CT molecular complexity index is 804. The van der Waals surface area contributed by atoms with Crippen molar-refractivity contribution in [3.63, 3.8) is 0 Å². The van der Waals surface area contributed by atoms with Crippen LogP contribution in [-0.2, 0) is 24.2 Å². The van der Waals surface area contributed by atoms with Gasteiger partial charge in [0.05, 0.1) is 24.7 Å². The molecule has 1 unspecified atom stereocenters. The summed E-state index contributed by atoms with van der Waals surface area (Å²) in [6.07, 6.45) is 2.45. The molecule has 0 bridgehead atoms. The topological polar surface area (TPSA) is 73.9 Å². The zero-order valence-electron chi connectivity index (χ0n) is 17.4. The van der Waals surface area contributed by atoms with Crippen LogP contribution in [0.4, 0.5) is 0 Å². The van der Waals surface area contributed by atoms with Crippen molar-refractivity contribution in [2.24, 2.45) is 0 Å². The number of nitriles is 1. The van der Waals surface area contributed by atoms with Crippen molar-refractivity contribution in [2.45, 2.75) is 52.1 Å². The first-order valence-corrected chi connectivity index (χ1v) is 9.79. The highest BCUT2D eigenvalue weighted by Crippen LogP contribution is 2.15. The smallest absolute Gasteiger partial charge is 0.220 e. The molecule has 1 atom stereocenters. The lowest BCUT2D eigenvalue weighted by atomic mass is 10.0. The third kappa shape index (κ3) is 6.21. The Kier molecular flexibility index (Phi) is 8.21. The molecule has 0 aliphatic rings. The summed E-state index contributed by atoms with van der Waals surface area (Å²) in [7, 11) is 4.09. The number of nitrogens with one attached hydrogen (secondary N) is 1. The maximum absolute atomic E-state index is 12.4. The zero-order valence-corrected chi connectivity index (χ0v) is 17.4. The van der Waals surface area contributed by atoms with Crippen LogP contribution in [0.25, 0.3) is 0 Å². The highest BCUT2D eigenvalue weighted by molar-refractivity contribution is 5.76. The van der Waals surface area contributed by atoms with E-state index < -0.39 is 0 Å². The van der Waals surface area contributed by atoms with Gasteiger partial charge in [-0.2, -0.15) is 10.4 Å². The first-order valence-electron chi connectivity index (χ1n) is 9.79. The van der Waals surface area contributed by atoms with Crippen molar-refractivity contribution in [3.8, 4) is 6.07 Å². The van der Waals surface area contributed by atoms with Crippen LogP contribution in [0.3, 0.4) is 0 Å². The predicted molar refractivity (Wildman–Crippen MR) is 111 cm³/mol. The molecule has 0 aliphatic heterocycles. The fourth-order valence-electron chi connectivity index (χ4n) is 3.35. The minimum Gasteiger partial charge on any atom is -0.355 e. The molecule has 0 saturated carbocycles. The third-order valence-electron chi connectivity index (χ3n) is 5.15. The highest BCUT2D eigenvalue weighted by Gasteiger charge is 2.16. The zero-order chi connectivity index (χ0) is 20.5. The van der Waals surface area contributed by atoms with Crippen molar-refractivity contribution in [1.29, 1.82) is 5.26 Å². The van der Waals surface area contributed by atoms with Gasteiger partial charge in [-0.15, -0.1) is 0 Å². The first kappa shape index (κ1) is 21.6. The summed E-state index contributed by atoms with van der Waals surface area (Å²) >= 11 is 0. The summed E-state index contributed by atoms with van der Waals surface area (Å²) < 4.78 is 1.87. The van der Waals surface area contributed by atoms with Crippen molar-refractivity contribution in [2.75, 3.05) is 20.6 Å². The van der Waals surface area contributed by atoms with Crippen molar-refractivity contribution in [1.82, 2.24) is 20.0 Å². The second kappa shape index (κ2) is 10.6. The number of likely N-dealkylation sites (N-methyl/N-ethyl adjacent to an activating group) is 1. The number of aromatic nitrogens is 2. The second-order valence-electron chi connectivity index (χ2n) is 7.39. The molecule has 0 fully saturated rings. The van der Waals surface area contributed by atoms with Gasteiger partial charge < -0.3 is 10.2 Å². The second-order valence-corrected chi connectivity index (χ2v) is 7.39. The van der Waals surface area contributed by atoms with Crippen LogP contribution in [0.2, 0.25) is 0 Å². The van der Waals surface area contributed by atoms with Crippen molar-refractivity contribution < 1.29 is 4.79 Å². The summed E-state index contributed by atoms with van der Waals surface area (Å²) in [4.78, 5) is 14.6. The lowest BCUT2D eigenvalue weighted by molar-refractivity contribution is -0.121. The van der Waals surface area contributed by atoms with E-state index >= 15 is 0 Å².